The van der Waals surface area contributed by atoms with E-state index < -0.39 is 0 Å². The van der Waals surface area contributed by atoms with E-state index in [-0.39, 0.29) is 12.0 Å². The molecule has 2 unspecified atom stereocenters. The van der Waals surface area contributed by atoms with Gasteiger partial charge in [0.05, 0.1) is 6.61 Å². The van der Waals surface area contributed by atoms with Gasteiger partial charge in [-0.15, -0.1) is 0 Å². The molecule has 0 aromatic carbocycles. The molecule has 1 fully saturated rings. The summed E-state index contributed by atoms with van der Waals surface area (Å²) in [6.07, 6.45) is 4.40. The number of hydrogen-bond acceptors (Lipinski definition) is 5. The zero-order valence-corrected chi connectivity index (χ0v) is 14.2. The van der Waals surface area contributed by atoms with Gasteiger partial charge in [-0.2, -0.15) is 0 Å². The summed E-state index contributed by atoms with van der Waals surface area (Å²) < 4.78 is 5.18. The van der Waals surface area contributed by atoms with Crippen molar-refractivity contribution in [3.8, 4) is 0 Å². The first kappa shape index (κ1) is 18.4. The summed E-state index contributed by atoms with van der Waals surface area (Å²) in [5.74, 6) is -0.102. The summed E-state index contributed by atoms with van der Waals surface area (Å²) in [6.45, 7) is 8.53. The monoisotopic (exact) mass is 299 g/mol. The van der Waals surface area contributed by atoms with Crippen molar-refractivity contribution < 1.29 is 9.53 Å². The molecule has 1 aliphatic rings. The number of ether oxygens (including phenoxy) is 1. The molecular formula is C16H33N3O2. The van der Waals surface area contributed by atoms with Crippen LogP contribution in [-0.4, -0.2) is 74.7 Å². The second-order valence-corrected chi connectivity index (χ2v) is 6.14. The molecule has 5 heteroatoms. The van der Waals surface area contributed by atoms with Crippen molar-refractivity contribution >= 4 is 5.97 Å². The van der Waals surface area contributed by atoms with Crippen LogP contribution in [0.4, 0.5) is 0 Å². The van der Waals surface area contributed by atoms with Crippen LogP contribution in [0.25, 0.3) is 0 Å². The number of nitrogens with zero attached hydrogens (tertiary/aromatic N) is 2. The van der Waals surface area contributed by atoms with Gasteiger partial charge in [0.15, 0.2) is 0 Å². The van der Waals surface area contributed by atoms with Crippen molar-refractivity contribution in [2.75, 3.05) is 46.9 Å². The molecule has 0 aromatic rings. The fourth-order valence-corrected chi connectivity index (χ4v) is 2.98. The van der Waals surface area contributed by atoms with Crippen molar-refractivity contribution in [3.05, 3.63) is 0 Å². The number of carbonyl (C=O) groups is 1. The van der Waals surface area contributed by atoms with E-state index in [0.29, 0.717) is 12.6 Å². The third kappa shape index (κ3) is 6.76. The molecule has 0 spiro atoms. The zero-order chi connectivity index (χ0) is 15.7. The molecular weight excluding hydrogens is 266 g/mol. The third-order valence-electron chi connectivity index (χ3n) is 3.99. The van der Waals surface area contributed by atoms with Crippen LogP contribution in [-0.2, 0) is 9.53 Å². The number of carbonyl (C=O) groups excluding carboxylic acids is 1. The lowest BCUT2D eigenvalue weighted by Gasteiger charge is -2.28. The average Bonchev–Trinajstić information content (AvgIpc) is 2.85. The van der Waals surface area contributed by atoms with Crippen molar-refractivity contribution in [3.63, 3.8) is 0 Å². The number of likely N-dealkylation sites (tertiary alicyclic amines) is 1. The van der Waals surface area contributed by atoms with Crippen LogP contribution in [0.15, 0.2) is 0 Å². The smallest absolute Gasteiger partial charge is 0.323 e. The maximum absolute atomic E-state index is 12.0. The molecule has 0 amide bonds. The summed E-state index contributed by atoms with van der Waals surface area (Å²) in [5.41, 5.74) is 0. The molecule has 21 heavy (non-hydrogen) atoms. The lowest BCUT2D eigenvalue weighted by Crippen LogP contribution is -2.43. The zero-order valence-electron chi connectivity index (χ0n) is 14.2. The first-order chi connectivity index (χ1) is 10.1. The topological polar surface area (TPSA) is 44.8 Å². The lowest BCUT2D eigenvalue weighted by molar-refractivity contribution is -0.146. The van der Waals surface area contributed by atoms with Gasteiger partial charge in [0, 0.05) is 19.1 Å². The van der Waals surface area contributed by atoms with E-state index in [1.807, 2.05) is 6.92 Å². The second-order valence-electron chi connectivity index (χ2n) is 6.14. The summed E-state index contributed by atoms with van der Waals surface area (Å²) >= 11 is 0. The molecule has 1 rings (SSSR count). The molecule has 124 valence electrons. The average molecular weight is 299 g/mol. The number of rotatable bonds is 10. The Labute approximate surface area is 130 Å². The fourth-order valence-electron chi connectivity index (χ4n) is 2.98. The van der Waals surface area contributed by atoms with Crippen LogP contribution >= 0.6 is 0 Å². The van der Waals surface area contributed by atoms with E-state index in [9.17, 15) is 4.79 Å². The predicted molar refractivity (Wildman–Crippen MR) is 86.5 cm³/mol. The van der Waals surface area contributed by atoms with E-state index in [1.54, 1.807) is 0 Å². The van der Waals surface area contributed by atoms with Gasteiger partial charge in [-0.1, -0.05) is 6.92 Å². The minimum Gasteiger partial charge on any atom is -0.465 e. The van der Waals surface area contributed by atoms with Crippen LogP contribution in [0.3, 0.4) is 0 Å². The SMILES string of the molecule is CCCNC(CCN1CCCC1CN(C)C)C(=O)OCC. The fraction of sp³-hybridized carbons (Fsp3) is 0.938. The predicted octanol–water partition coefficient (Wildman–Crippen LogP) is 1.33. The molecule has 5 nitrogen and oxygen atoms in total. The Morgan fingerprint density at radius 2 is 2.19 bits per heavy atom. The summed E-state index contributed by atoms with van der Waals surface area (Å²) in [7, 11) is 4.25. The summed E-state index contributed by atoms with van der Waals surface area (Å²) in [6, 6.07) is 0.472. The molecule has 0 radical (unpaired) electrons. The Morgan fingerprint density at radius 1 is 1.43 bits per heavy atom. The summed E-state index contributed by atoms with van der Waals surface area (Å²) in [4.78, 5) is 16.8. The Morgan fingerprint density at radius 3 is 2.81 bits per heavy atom. The summed E-state index contributed by atoms with van der Waals surface area (Å²) in [5, 5.41) is 3.32. The highest BCUT2D eigenvalue weighted by atomic mass is 16.5. The van der Waals surface area contributed by atoms with Crippen LogP contribution in [0.2, 0.25) is 0 Å². The second kappa shape index (κ2) is 10.1. The van der Waals surface area contributed by atoms with Crippen LogP contribution in [0, 0.1) is 0 Å². The highest BCUT2D eigenvalue weighted by Crippen LogP contribution is 2.18. The van der Waals surface area contributed by atoms with Gasteiger partial charge in [0.2, 0.25) is 0 Å². The van der Waals surface area contributed by atoms with Gasteiger partial charge in [-0.05, 0) is 59.8 Å². The molecule has 0 aromatic heterocycles. The highest BCUT2D eigenvalue weighted by molar-refractivity contribution is 5.75. The maximum Gasteiger partial charge on any atom is 0.323 e. The van der Waals surface area contributed by atoms with Gasteiger partial charge in [-0.25, -0.2) is 0 Å². The highest BCUT2D eigenvalue weighted by Gasteiger charge is 2.27. The van der Waals surface area contributed by atoms with Gasteiger partial charge in [0.1, 0.15) is 6.04 Å². The quantitative estimate of drug-likeness (QED) is 0.617. The molecule has 1 aliphatic heterocycles. The van der Waals surface area contributed by atoms with E-state index in [0.717, 1.165) is 39.0 Å². The standard InChI is InChI=1S/C16H33N3O2/c1-5-10-17-15(16(20)21-6-2)9-12-19-11-7-8-14(19)13-18(3)4/h14-15,17H,5-13H2,1-4H3. The molecule has 1 heterocycles. The van der Waals surface area contributed by atoms with Crippen molar-refractivity contribution in [2.24, 2.45) is 0 Å². The maximum atomic E-state index is 12.0. The lowest BCUT2D eigenvalue weighted by atomic mass is 10.1. The Bertz CT molecular complexity index is 297. The number of nitrogens with one attached hydrogen (secondary N) is 1. The van der Waals surface area contributed by atoms with Crippen molar-refractivity contribution in [1.29, 1.82) is 0 Å². The molecule has 0 saturated carbocycles. The van der Waals surface area contributed by atoms with Gasteiger partial charge >= 0.3 is 5.97 Å². The first-order valence-electron chi connectivity index (χ1n) is 8.37. The molecule has 0 aliphatic carbocycles. The van der Waals surface area contributed by atoms with Gasteiger partial charge in [-0.3, -0.25) is 9.69 Å². The Hall–Kier alpha value is -0.650. The molecule has 1 N–H and O–H groups in total. The number of esters is 1. The minimum atomic E-state index is -0.162. The van der Waals surface area contributed by atoms with Crippen LogP contribution in [0.1, 0.15) is 39.5 Å². The number of likely N-dealkylation sites (N-methyl/N-ethyl adjacent to an activating group) is 1. The largest absolute Gasteiger partial charge is 0.465 e. The molecule has 0 bridgehead atoms. The third-order valence-corrected chi connectivity index (χ3v) is 3.99. The Kier molecular flexibility index (Phi) is 8.88. The van der Waals surface area contributed by atoms with E-state index in [4.69, 9.17) is 4.74 Å². The minimum absolute atomic E-state index is 0.102. The van der Waals surface area contributed by atoms with Gasteiger partial charge < -0.3 is 15.0 Å². The van der Waals surface area contributed by atoms with E-state index in [2.05, 4.69) is 36.1 Å². The normalized spacial score (nSPS) is 20.9. The number of hydrogen-bond donors (Lipinski definition) is 1. The van der Waals surface area contributed by atoms with Crippen LogP contribution < -0.4 is 5.32 Å². The van der Waals surface area contributed by atoms with Crippen LogP contribution in [0.5, 0.6) is 0 Å². The van der Waals surface area contributed by atoms with Crippen molar-refractivity contribution in [1.82, 2.24) is 15.1 Å². The van der Waals surface area contributed by atoms with Crippen molar-refractivity contribution in [2.45, 2.75) is 51.6 Å². The van der Waals surface area contributed by atoms with Gasteiger partial charge in [0.25, 0.3) is 0 Å². The first-order valence-corrected chi connectivity index (χ1v) is 8.37. The van der Waals surface area contributed by atoms with E-state index >= 15 is 0 Å². The molecule has 1 saturated heterocycles. The molecule has 2 atom stereocenters. The van der Waals surface area contributed by atoms with E-state index in [1.165, 1.54) is 12.8 Å². The Balaban J connectivity index is 2.44.